The summed E-state index contributed by atoms with van der Waals surface area (Å²) in [6.45, 7) is 0.0694. The van der Waals surface area contributed by atoms with Crippen molar-refractivity contribution < 1.29 is 29.4 Å². The molecule has 0 saturated heterocycles. The number of hydrogen-bond acceptors (Lipinski definition) is 5. The van der Waals surface area contributed by atoms with E-state index in [1.165, 1.54) is 0 Å². The first-order valence-electron chi connectivity index (χ1n) is 10.8. The number of rotatable bonds is 10. The summed E-state index contributed by atoms with van der Waals surface area (Å²) in [5.74, 6) is -3.46. The van der Waals surface area contributed by atoms with Crippen LogP contribution in [0.3, 0.4) is 0 Å². The summed E-state index contributed by atoms with van der Waals surface area (Å²) in [7, 11) is 0. The van der Waals surface area contributed by atoms with Crippen molar-refractivity contribution in [3.63, 3.8) is 0 Å². The van der Waals surface area contributed by atoms with Crippen LogP contribution in [0.5, 0.6) is 0 Å². The van der Waals surface area contributed by atoms with Crippen molar-refractivity contribution in [1.82, 2.24) is 10.8 Å². The van der Waals surface area contributed by atoms with Gasteiger partial charge in [0.15, 0.2) is 6.10 Å². The van der Waals surface area contributed by atoms with E-state index < -0.39 is 29.9 Å². The Kier molecular flexibility index (Phi) is 9.37. The number of nitrogens with one attached hydrogen (secondary N) is 2. The molecule has 2 amide bonds. The topological polar surface area (TPSA) is 125 Å². The number of hydroxylamine groups is 1. The third-order valence-corrected chi connectivity index (χ3v) is 5.41. The minimum atomic E-state index is -1.71. The smallest absolute Gasteiger partial charge is 0.332 e. The number of hydrogen-bond donors (Lipinski definition) is 4. The summed E-state index contributed by atoms with van der Waals surface area (Å²) in [4.78, 5) is 40.7. The van der Waals surface area contributed by atoms with E-state index in [2.05, 4.69) is 10.8 Å². The highest BCUT2D eigenvalue weighted by molar-refractivity contribution is 6.34. The molecule has 0 unspecified atom stereocenters. The molecular formula is C26H25ClN2O6. The van der Waals surface area contributed by atoms with Crippen LogP contribution in [0.1, 0.15) is 17.5 Å². The fourth-order valence-electron chi connectivity index (χ4n) is 3.41. The van der Waals surface area contributed by atoms with Gasteiger partial charge in [0.1, 0.15) is 0 Å². The summed E-state index contributed by atoms with van der Waals surface area (Å²) in [6.07, 6.45) is -1.79. The van der Waals surface area contributed by atoms with E-state index in [1.807, 2.05) is 60.7 Å². The van der Waals surface area contributed by atoms with E-state index in [9.17, 15) is 19.5 Å². The van der Waals surface area contributed by atoms with E-state index in [0.29, 0.717) is 5.02 Å². The van der Waals surface area contributed by atoms with Crippen molar-refractivity contribution in [2.24, 2.45) is 0 Å². The molecule has 0 fully saturated rings. The number of aliphatic hydroxyl groups excluding tert-OH is 1. The molecule has 0 aliphatic heterocycles. The molecule has 0 aliphatic rings. The van der Waals surface area contributed by atoms with Gasteiger partial charge in [-0.15, -0.1) is 0 Å². The Labute approximate surface area is 207 Å². The van der Waals surface area contributed by atoms with Crippen molar-refractivity contribution in [1.29, 1.82) is 0 Å². The Morgan fingerprint density at radius 1 is 0.857 bits per heavy atom. The molecule has 9 heteroatoms. The summed E-state index contributed by atoms with van der Waals surface area (Å²) >= 11 is 6.05. The van der Waals surface area contributed by atoms with Crippen molar-refractivity contribution >= 4 is 29.4 Å². The molecule has 0 aromatic heterocycles. The summed E-state index contributed by atoms with van der Waals surface area (Å²) in [5.41, 5.74) is 5.51. The average Bonchev–Trinajstić information content (AvgIpc) is 2.85. The first kappa shape index (κ1) is 25.9. The van der Waals surface area contributed by atoms with E-state index in [4.69, 9.17) is 21.5 Å². The van der Waals surface area contributed by atoms with Gasteiger partial charge in [0, 0.05) is 17.5 Å². The van der Waals surface area contributed by atoms with Crippen molar-refractivity contribution in [2.75, 3.05) is 0 Å². The summed E-state index contributed by atoms with van der Waals surface area (Å²) < 4.78 is 0. The quantitative estimate of drug-likeness (QED) is 0.252. The Morgan fingerprint density at radius 2 is 1.57 bits per heavy atom. The fourth-order valence-corrected chi connectivity index (χ4v) is 3.60. The molecule has 0 heterocycles. The minimum Gasteiger partial charge on any atom is -0.479 e. The highest BCUT2D eigenvalue weighted by Crippen LogP contribution is 2.23. The molecule has 8 nitrogen and oxygen atoms in total. The van der Waals surface area contributed by atoms with Crippen LogP contribution in [0.4, 0.5) is 0 Å². The van der Waals surface area contributed by atoms with Crippen LogP contribution in [0.25, 0.3) is 11.1 Å². The number of carboxylic acid groups (broad SMARTS) is 1. The van der Waals surface area contributed by atoms with Gasteiger partial charge in [-0.05, 0) is 40.8 Å². The third-order valence-electron chi connectivity index (χ3n) is 5.17. The van der Waals surface area contributed by atoms with E-state index in [1.54, 1.807) is 18.2 Å². The lowest BCUT2D eigenvalue weighted by Gasteiger charge is -2.20. The number of carbonyl (C=O) groups is 3. The van der Waals surface area contributed by atoms with Crippen LogP contribution in [0.15, 0.2) is 78.9 Å². The van der Waals surface area contributed by atoms with Gasteiger partial charge < -0.3 is 15.5 Å². The average molecular weight is 497 g/mol. The van der Waals surface area contributed by atoms with E-state index in [0.717, 1.165) is 22.3 Å². The number of aliphatic carboxylic acids is 1. The number of carbonyl (C=O) groups excluding carboxylic acids is 2. The Balaban J connectivity index is 1.61. The monoisotopic (exact) mass is 496 g/mol. The van der Waals surface area contributed by atoms with Crippen molar-refractivity contribution in [3.05, 3.63) is 95.0 Å². The van der Waals surface area contributed by atoms with E-state index in [-0.39, 0.29) is 19.4 Å². The van der Waals surface area contributed by atoms with Crippen LogP contribution < -0.4 is 10.8 Å². The van der Waals surface area contributed by atoms with Crippen LogP contribution in [0, 0.1) is 0 Å². The predicted octanol–water partition coefficient (Wildman–Crippen LogP) is 3.12. The second kappa shape index (κ2) is 12.7. The zero-order chi connectivity index (χ0) is 25.2. The Hall–Kier alpha value is -3.72. The molecule has 0 spiro atoms. The third kappa shape index (κ3) is 8.22. The predicted molar refractivity (Wildman–Crippen MR) is 130 cm³/mol. The minimum absolute atomic E-state index is 0.0694. The van der Waals surface area contributed by atoms with Crippen molar-refractivity contribution in [2.45, 2.75) is 31.6 Å². The maximum absolute atomic E-state index is 12.4. The largest absolute Gasteiger partial charge is 0.479 e. The fraction of sp³-hybridized carbons (Fsp3) is 0.192. The van der Waals surface area contributed by atoms with Gasteiger partial charge in [0.2, 0.25) is 0 Å². The van der Waals surface area contributed by atoms with Gasteiger partial charge in [-0.3, -0.25) is 14.4 Å². The molecule has 0 aliphatic carbocycles. The molecule has 0 radical (unpaired) electrons. The zero-order valence-corrected chi connectivity index (χ0v) is 19.4. The lowest BCUT2D eigenvalue weighted by atomic mass is 9.98. The molecule has 3 aromatic carbocycles. The molecule has 2 atom stereocenters. The normalized spacial score (nSPS) is 12.4. The number of halogens is 1. The van der Waals surface area contributed by atoms with Crippen LogP contribution in [0.2, 0.25) is 5.02 Å². The molecule has 0 bridgehead atoms. The maximum Gasteiger partial charge on any atom is 0.332 e. The van der Waals surface area contributed by atoms with Crippen LogP contribution in [-0.4, -0.2) is 40.1 Å². The first-order chi connectivity index (χ1) is 16.8. The molecule has 3 rings (SSSR count). The lowest BCUT2D eigenvalue weighted by Crippen LogP contribution is -2.47. The maximum atomic E-state index is 12.4. The van der Waals surface area contributed by atoms with Gasteiger partial charge in [-0.25, -0.2) is 10.3 Å². The van der Waals surface area contributed by atoms with Crippen LogP contribution in [-0.2, 0) is 32.2 Å². The second-order valence-corrected chi connectivity index (χ2v) is 8.31. The van der Waals surface area contributed by atoms with Crippen LogP contribution >= 0.6 is 11.6 Å². The van der Waals surface area contributed by atoms with Gasteiger partial charge in [0.05, 0.1) is 6.61 Å². The standard InChI is InChI=1S/C26H25ClN2O6/c27-21-8-4-7-20(14-21)19-11-9-17(10-12-19)13-22(15-23(30)26(33)34)28-24(31)25(32)29-35-16-18-5-2-1-3-6-18/h1-12,14,22-23,30H,13,15-16H2,(H,28,31)(H,29,32)(H,33,34)/t22-,23-/m1/s1. The van der Waals surface area contributed by atoms with E-state index >= 15 is 0 Å². The molecule has 182 valence electrons. The summed E-state index contributed by atoms with van der Waals surface area (Å²) in [6, 6.07) is 23.0. The number of benzene rings is 3. The van der Waals surface area contributed by atoms with Gasteiger partial charge >= 0.3 is 17.8 Å². The number of carboxylic acids is 1. The van der Waals surface area contributed by atoms with Gasteiger partial charge in [-0.2, -0.15) is 0 Å². The van der Waals surface area contributed by atoms with Gasteiger partial charge in [-0.1, -0.05) is 78.3 Å². The first-order valence-corrected chi connectivity index (χ1v) is 11.2. The highest BCUT2D eigenvalue weighted by atomic mass is 35.5. The molecule has 4 N–H and O–H groups in total. The van der Waals surface area contributed by atoms with Crippen molar-refractivity contribution in [3.8, 4) is 11.1 Å². The summed E-state index contributed by atoms with van der Waals surface area (Å²) in [5, 5.41) is 22.0. The Bertz CT molecular complexity index is 1150. The number of aliphatic hydroxyl groups is 1. The number of amides is 2. The molecular weight excluding hydrogens is 472 g/mol. The lowest BCUT2D eigenvalue weighted by molar-refractivity contribution is -0.149. The molecule has 0 saturated carbocycles. The molecule has 3 aromatic rings. The zero-order valence-electron chi connectivity index (χ0n) is 18.7. The SMILES string of the molecule is O=C(NOCc1ccccc1)C(=O)N[C@H](Cc1ccc(-c2cccc(Cl)c2)cc1)C[C@@H](O)C(=O)O. The Morgan fingerprint density at radius 3 is 2.23 bits per heavy atom. The van der Waals surface area contributed by atoms with Gasteiger partial charge in [0.25, 0.3) is 0 Å². The highest BCUT2D eigenvalue weighted by Gasteiger charge is 2.24. The second-order valence-electron chi connectivity index (χ2n) is 7.88. The molecule has 35 heavy (non-hydrogen) atoms.